The fraction of sp³-hybridized carbons (Fsp3) is 0.429. The fourth-order valence-corrected chi connectivity index (χ4v) is 4.43. The van der Waals surface area contributed by atoms with Crippen molar-refractivity contribution in [3.8, 4) is 0 Å². The van der Waals surface area contributed by atoms with Crippen LogP contribution in [0.15, 0.2) is 24.3 Å². The van der Waals surface area contributed by atoms with Gasteiger partial charge in [-0.15, -0.1) is 11.3 Å². The van der Waals surface area contributed by atoms with Crippen LogP contribution in [0.5, 0.6) is 0 Å². The van der Waals surface area contributed by atoms with Gasteiger partial charge in [0.2, 0.25) is 0 Å². The number of halogens is 1. The molecule has 19 heavy (non-hydrogen) atoms. The van der Waals surface area contributed by atoms with Gasteiger partial charge in [0.1, 0.15) is 0 Å². The van der Waals surface area contributed by atoms with Crippen molar-refractivity contribution in [2.24, 2.45) is 0 Å². The van der Waals surface area contributed by atoms with Gasteiger partial charge in [0, 0.05) is 18.4 Å². The van der Waals surface area contributed by atoms with Crippen molar-refractivity contribution in [2.45, 2.75) is 38.9 Å². The Morgan fingerprint density at radius 3 is 2.21 bits per heavy atom. The highest BCUT2D eigenvalue weighted by atomic mass is 127. The van der Waals surface area contributed by atoms with Gasteiger partial charge in [0.15, 0.2) is 0 Å². The molecule has 3 rings (SSSR count). The molecule has 0 saturated carbocycles. The second-order valence-corrected chi connectivity index (χ2v) is 8.03. The maximum atomic E-state index is 6.14. The molecule has 1 aromatic heterocycles. The third-order valence-corrected chi connectivity index (χ3v) is 6.75. The van der Waals surface area contributed by atoms with Crippen LogP contribution in [0.3, 0.4) is 0 Å². The van der Waals surface area contributed by atoms with E-state index in [0.29, 0.717) is 0 Å². The van der Waals surface area contributed by atoms with Gasteiger partial charge in [0.05, 0.1) is 11.2 Å². The van der Waals surface area contributed by atoms with Crippen molar-refractivity contribution in [3.63, 3.8) is 0 Å². The Kier molecular flexibility index (Phi) is 3.24. The van der Waals surface area contributed by atoms with Crippen LogP contribution in [0, 0.1) is 3.57 Å². The van der Waals surface area contributed by atoms with Crippen LogP contribution < -0.4 is 4.78 Å². The van der Waals surface area contributed by atoms with Gasteiger partial charge in [-0.2, -0.15) is 0 Å². The first-order valence-electron chi connectivity index (χ1n) is 6.34. The normalized spacial score (nSPS) is 21.2. The van der Waals surface area contributed by atoms with Crippen molar-refractivity contribution in [1.82, 2.24) is 0 Å². The Bertz CT molecular complexity index is 619. The Morgan fingerprint density at radius 1 is 1.05 bits per heavy atom. The number of thiophene rings is 1. The smallest absolute Gasteiger partial charge is 0.399 e. The summed E-state index contributed by atoms with van der Waals surface area (Å²) in [5.41, 5.74) is -0.562. The van der Waals surface area contributed by atoms with Crippen LogP contribution in [0.2, 0.25) is 0 Å². The van der Waals surface area contributed by atoms with E-state index in [2.05, 4.69) is 74.6 Å². The summed E-state index contributed by atoms with van der Waals surface area (Å²) in [5.74, 6) is 0. The molecule has 1 fully saturated rings. The van der Waals surface area contributed by atoms with Gasteiger partial charge < -0.3 is 9.31 Å². The number of hydrogen-bond donors (Lipinski definition) is 0. The average Bonchev–Trinajstić information content (AvgIpc) is 2.76. The lowest BCUT2D eigenvalue weighted by Crippen LogP contribution is -2.41. The molecule has 0 amide bonds. The van der Waals surface area contributed by atoms with Crippen LogP contribution in [0.25, 0.3) is 10.1 Å². The molecule has 1 aliphatic rings. The van der Waals surface area contributed by atoms with E-state index in [1.54, 1.807) is 11.3 Å². The molecular formula is C14H16BIO2S. The Hall–Kier alpha value is -0.105. The summed E-state index contributed by atoms with van der Waals surface area (Å²) in [4.78, 5) is 0. The number of hydrogen-bond acceptors (Lipinski definition) is 3. The van der Waals surface area contributed by atoms with Crippen molar-refractivity contribution < 1.29 is 9.31 Å². The molecule has 1 saturated heterocycles. The molecule has 0 bridgehead atoms. The molecule has 1 aromatic carbocycles. The van der Waals surface area contributed by atoms with Gasteiger partial charge in [0.25, 0.3) is 0 Å². The molecule has 5 heteroatoms. The van der Waals surface area contributed by atoms with Gasteiger partial charge in [-0.3, -0.25) is 0 Å². The zero-order valence-electron chi connectivity index (χ0n) is 11.5. The molecule has 100 valence electrons. The quantitative estimate of drug-likeness (QED) is 0.549. The molecule has 0 radical (unpaired) electrons. The second-order valence-electron chi connectivity index (χ2n) is 5.86. The predicted octanol–water partition coefficient (Wildman–Crippen LogP) is 3.81. The van der Waals surface area contributed by atoms with E-state index >= 15 is 0 Å². The van der Waals surface area contributed by atoms with Crippen LogP contribution >= 0.6 is 33.9 Å². The van der Waals surface area contributed by atoms with Crippen LogP contribution in [0.1, 0.15) is 27.7 Å². The highest BCUT2D eigenvalue weighted by molar-refractivity contribution is 14.1. The number of fused-ring (bicyclic) bond motifs is 1. The van der Waals surface area contributed by atoms with Crippen molar-refractivity contribution >= 4 is 55.9 Å². The van der Waals surface area contributed by atoms with E-state index in [1.165, 1.54) is 18.4 Å². The molecule has 0 aliphatic carbocycles. The largest absolute Gasteiger partial charge is 0.506 e. The molecular weight excluding hydrogens is 370 g/mol. The maximum Gasteiger partial charge on any atom is 0.506 e. The minimum atomic E-state index is -0.281. The summed E-state index contributed by atoms with van der Waals surface area (Å²) >= 11 is 4.16. The molecule has 2 aromatic rings. The molecule has 0 unspecified atom stereocenters. The summed E-state index contributed by atoms with van der Waals surface area (Å²) in [6.07, 6.45) is 0. The summed E-state index contributed by atoms with van der Waals surface area (Å²) in [7, 11) is -0.255. The third-order valence-electron chi connectivity index (χ3n) is 4.03. The predicted molar refractivity (Wildman–Crippen MR) is 90.3 cm³/mol. The lowest BCUT2D eigenvalue weighted by atomic mass is 9.87. The first-order valence-corrected chi connectivity index (χ1v) is 8.24. The Labute approximate surface area is 131 Å². The molecule has 0 atom stereocenters. The topological polar surface area (TPSA) is 18.5 Å². The van der Waals surface area contributed by atoms with Gasteiger partial charge in [-0.05, 0) is 56.4 Å². The first kappa shape index (κ1) is 13.9. The van der Waals surface area contributed by atoms with E-state index in [9.17, 15) is 0 Å². The minimum absolute atomic E-state index is 0.255. The van der Waals surface area contributed by atoms with E-state index in [4.69, 9.17) is 9.31 Å². The standard InChI is InChI=1S/C14H16BIO2S/c1-13(2)14(3,4)18-15(17-13)12-11(16)9-7-5-6-8-10(9)19-12/h5-8H,1-4H3. The maximum absolute atomic E-state index is 6.14. The van der Waals surface area contributed by atoms with Crippen molar-refractivity contribution in [3.05, 3.63) is 27.8 Å². The third kappa shape index (κ3) is 2.15. The zero-order valence-corrected chi connectivity index (χ0v) is 14.5. The fourth-order valence-electron chi connectivity index (χ4n) is 2.13. The lowest BCUT2D eigenvalue weighted by molar-refractivity contribution is 0.00578. The van der Waals surface area contributed by atoms with E-state index in [-0.39, 0.29) is 18.3 Å². The second kappa shape index (κ2) is 4.45. The highest BCUT2D eigenvalue weighted by Gasteiger charge is 2.52. The average molecular weight is 386 g/mol. The first-order chi connectivity index (χ1) is 8.82. The van der Waals surface area contributed by atoms with Crippen molar-refractivity contribution in [2.75, 3.05) is 0 Å². The number of benzene rings is 1. The van der Waals surface area contributed by atoms with Crippen molar-refractivity contribution in [1.29, 1.82) is 0 Å². The monoisotopic (exact) mass is 386 g/mol. The molecule has 1 aliphatic heterocycles. The summed E-state index contributed by atoms with van der Waals surface area (Å²) in [5, 5.41) is 1.29. The molecule has 0 N–H and O–H groups in total. The van der Waals surface area contributed by atoms with E-state index < -0.39 is 0 Å². The Balaban J connectivity index is 2.05. The van der Waals surface area contributed by atoms with E-state index in [0.717, 1.165) is 0 Å². The summed E-state index contributed by atoms with van der Waals surface area (Å²) in [6, 6.07) is 8.45. The number of rotatable bonds is 1. The van der Waals surface area contributed by atoms with E-state index in [1.807, 2.05) is 0 Å². The minimum Gasteiger partial charge on any atom is -0.399 e. The van der Waals surface area contributed by atoms with Gasteiger partial charge in [-0.1, -0.05) is 18.2 Å². The molecule has 2 nitrogen and oxygen atoms in total. The summed E-state index contributed by atoms with van der Waals surface area (Å²) in [6.45, 7) is 8.36. The van der Waals surface area contributed by atoms with Crippen LogP contribution in [0.4, 0.5) is 0 Å². The van der Waals surface area contributed by atoms with Crippen LogP contribution in [-0.4, -0.2) is 18.3 Å². The van der Waals surface area contributed by atoms with Gasteiger partial charge in [-0.25, -0.2) is 0 Å². The molecule has 0 spiro atoms. The SMILES string of the molecule is CC1(C)OB(c2sc3ccccc3c2I)OC1(C)C. The summed E-state index contributed by atoms with van der Waals surface area (Å²) < 4.78 is 16.0. The van der Waals surface area contributed by atoms with Gasteiger partial charge >= 0.3 is 7.12 Å². The highest BCUT2D eigenvalue weighted by Crippen LogP contribution is 2.38. The zero-order chi connectivity index (χ0) is 13.8. The Morgan fingerprint density at radius 2 is 1.63 bits per heavy atom. The van der Waals surface area contributed by atoms with Crippen LogP contribution in [-0.2, 0) is 9.31 Å². The lowest BCUT2D eigenvalue weighted by Gasteiger charge is -2.32. The molecule has 2 heterocycles.